The molecular weight excluding hydrogens is 533 g/mol. The molecule has 2 aromatic rings. The van der Waals surface area contributed by atoms with Gasteiger partial charge >= 0.3 is 0 Å². The number of hydrogen-bond acceptors (Lipinski definition) is 4. The van der Waals surface area contributed by atoms with Crippen LogP contribution in [0.1, 0.15) is 64.0 Å². The molecule has 0 aliphatic heterocycles. The molecule has 2 rings (SSSR count). The lowest BCUT2D eigenvalue weighted by atomic mass is 10.0. The van der Waals surface area contributed by atoms with E-state index in [1.807, 2.05) is 32.9 Å². The van der Waals surface area contributed by atoms with Crippen LogP contribution in [-0.4, -0.2) is 50.5 Å². The van der Waals surface area contributed by atoms with E-state index in [1.165, 1.54) is 4.90 Å². The fourth-order valence-corrected chi connectivity index (χ4v) is 5.46. The Bertz CT molecular complexity index is 1170. The standard InChI is InChI=1S/C27H37Cl2N3O4S/c1-6-8-16-30-27(34)24(7-2)31(17-21-22(28)13-11-14-23(21)29)26(33)18-32(37(5,35)36)25-15-10-9-12-20(25)19(3)4/h9-15,19,24H,6-8,16-18H2,1-5H3,(H,30,34)/t24-/m1/s1. The summed E-state index contributed by atoms with van der Waals surface area (Å²) in [7, 11) is -3.83. The van der Waals surface area contributed by atoms with Crippen LogP contribution in [0.4, 0.5) is 5.69 Å². The topological polar surface area (TPSA) is 86.8 Å². The SMILES string of the molecule is CCCCNC(=O)[C@@H](CC)N(Cc1c(Cl)cccc1Cl)C(=O)CN(c1ccccc1C(C)C)S(C)(=O)=O. The van der Waals surface area contributed by atoms with Crippen molar-refractivity contribution in [3.8, 4) is 0 Å². The summed E-state index contributed by atoms with van der Waals surface area (Å²) in [5.41, 5.74) is 1.72. The number of hydrogen-bond donors (Lipinski definition) is 1. The highest BCUT2D eigenvalue weighted by molar-refractivity contribution is 7.92. The average molecular weight is 571 g/mol. The minimum absolute atomic E-state index is 0.0290. The molecule has 0 aliphatic rings. The van der Waals surface area contributed by atoms with Gasteiger partial charge in [-0.25, -0.2) is 8.42 Å². The van der Waals surface area contributed by atoms with Crippen molar-refractivity contribution < 1.29 is 18.0 Å². The Morgan fingerprint density at radius 2 is 1.62 bits per heavy atom. The van der Waals surface area contributed by atoms with Crippen LogP contribution in [0.5, 0.6) is 0 Å². The molecule has 10 heteroatoms. The molecule has 0 aliphatic carbocycles. The number of nitrogens with one attached hydrogen (secondary N) is 1. The van der Waals surface area contributed by atoms with Crippen molar-refractivity contribution >= 4 is 50.7 Å². The van der Waals surface area contributed by atoms with Crippen molar-refractivity contribution in [1.29, 1.82) is 0 Å². The third-order valence-corrected chi connectivity index (χ3v) is 7.95. The zero-order valence-corrected chi connectivity index (χ0v) is 24.5. The third-order valence-electron chi connectivity index (χ3n) is 6.11. The highest BCUT2D eigenvalue weighted by Crippen LogP contribution is 2.30. The van der Waals surface area contributed by atoms with Gasteiger partial charge in [0, 0.05) is 28.7 Å². The van der Waals surface area contributed by atoms with Gasteiger partial charge in [-0.1, -0.05) is 81.6 Å². The van der Waals surface area contributed by atoms with Gasteiger partial charge in [0.2, 0.25) is 21.8 Å². The Hall–Kier alpha value is -2.29. The van der Waals surface area contributed by atoms with Crippen LogP contribution in [-0.2, 0) is 26.2 Å². The van der Waals surface area contributed by atoms with Crippen LogP contribution in [0.2, 0.25) is 10.0 Å². The van der Waals surface area contributed by atoms with E-state index in [0.29, 0.717) is 34.3 Å². The largest absolute Gasteiger partial charge is 0.354 e. The Labute approximate surface area is 231 Å². The van der Waals surface area contributed by atoms with Gasteiger partial charge in [-0.2, -0.15) is 0 Å². The van der Waals surface area contributed by atoms with Crippen LogP contribution in [0.3, 0.4) is 0 Å². The number of carbonyl (C=O) groups excluding carboxylic acids is 2. The van der Waals surface area contributed by atoms with E-state index in [2.05, 4.69) is 5.32 Å². The number of amides is 2. The number of rotatable bonds is 13. The van der Waals surface area contributed by atoms with Crippen LogP contribution in [0.15, 0.2) is 42.5 Å². The number of nitrogens with zero attached hydrogens (tertiary/aromatic N) is 2. The van der Waals surface area contributed by atoms with E-state index >= 15 is 0 Å². The molecule has 2 aromatic carbocycles. The Balaban J connectivity index is 2.53. The van der Waals surface area contributed by atoms with E-state index < -0.39 is 28.5 Å². The van der Waals surface area contributed by atoms with Gasteiger partial charge < -0.3 is 10.2 Å². The quantitative estimate of drug-likeness (QED) is 0.318. The molecule has 7 nitrogen and oxygen atoms in total. The second-order valence-electron chi connectivity index (χ2n) is 9.27. The van der Waals surface area contributed by atoms with Gasteiger partial charge in [-0.3, -0.25) is 13.9 Å². The zero-order valence-electron chi connectivity index (χ0n) is 22.1. The van der Waals surface area contributed by atoms with Gasteiger partial charge in [-0.05, 0) is 42.5 Å². The predicted octanol–water partition coefficient (Wildman–Crippen LogP) is 5.61. The first-order valence-corrected chi connectivity index (χ1v) is 15.1. The van der Waals surface area contributed by atoms with Crippen molar-refractivity contribution in [2.75, 3.05) is 23.7 Å². The molecule has 1 atom stereocenters. The van der Waals surface area contributed by atoms with E-state index in [-0.39, 0.29) is 18.4 Å². The molecule has 2 amide bonds. The van der Waals surface area contributed by atoms with Gasteiger partial charge in [0.05, 0.1) is 11.9 Å². The highest BCUT2D eigenvalue weighted by atomic mass is 35.5. The lowest BCUT2D eigenvalue weighted by molar-refractivity contribution is -0.140. The van der Waals surface area contributed by atoms with Crippen LogP contribution < -0.4 is 9.62 Å². The minimum Gasteiger partial charge on any atom is -0.354 e. The summed E-state index contributed by atoms with van der Waals surface area (Å²) in [4.78, 5) is 28.4. The summed E-state index contributed by atoms with van der Waals surface area (Å²) in [5, 5.41) is 3.61. The Kier molecular flexibility index (Phi) is 11.7. The van der Waals surface area contributed by atoms with Gasteiger partial charge in [0.1, 0.15) is 12.6 Å². The van der Waals surface area contributed by atoms with E-state index in [1.54, 1.807) is 37.3 Å². The maximum absolute atomic E-state index is 13.9. The lowest BCUT2D eigenvalue weighted by Gasteiger charge is -2.33. The number of anilines is 1. The summed E-state index contributed by atoms with van der Waals surface area (Å²) in [5.74, 6) is -0.806. The molecule has 0 heterocycles. The molecule has 0 bridgehead atoms. The molecule has 1 N–H and O–H groups in total. The van der Waals surface area contributed by atoms with Gasteiger partial charge in [-0.15, -0.1) is 0 Å². The van der Waals surface area contributed by atoms with E-state index in [4.69, 9.17) is 23.2 Å². The smallest absolute Gasteiger partial charge is 0.244 e. The Morgan fingerprint density at radius 3 is 2.16 bits per heavy atom. The highest BCUT2D eigenvalue weighted by Gasteiger charge is 2.33. The number of benzene rings is 2. The van der Waals surface area contributed by atoms with Crippen molar-refractivity contribution in [3.05, 3.63) is 63.6 Å². The minimum atomic E-state index is -3.83. The van der Waals surface area contributed by atoms with E-state index in [0.717, 1.165) is 29.0 Å². The number of sulfonamides is 1. The number of halogens is 2. The lowest BCUT2D eigenvalue weighted by Crippen LogP contribution is -2.52. The second-order valence-corrected chi connectivity index (χ2v) is 12.0. The van der Waals surface area contributed by atoms with Crippen molar-refractivity contribution in [3.63, 3.8) is 0 Å². The molecular formula is C27H37Cl2N3O4S. The molecule has 0 unspecified atom stereocenters. The third kappa shape index (κ3) is 8.35. The maximum atomic E-state index is 13.9. The first-order chi connectivity index (χ1) is 17.4. The normalized spacial score (nSPS) is 12.3. The molecule has 0 saturated carbocycles. The molecule has 204 valence electrons. The van der Waals surface area contributed by atoms with Crippen molar-refractivity contribution in [1.82, 2.24) is 10.2 Å². The summed E-state index contributed by atoms with van der Waals surface area (Å²) in [6, 6.07) is 11.3. The predicted molar refractivity (Wildman–Crippen MR) is 152 cm³/mol. The molecule has 0 fully saturated rings. The second kappa shape index (κ2) is 14.0. The first kappa shape index (κ1) is 30.9. The van der Waals surface area contributed by atoms with Crippen LogP contribution in [0, 0.1) is 0 Å². The van der Waals surface area contributed by atoms with Crippen molar-refractivity contribution in [2.45, 2.75) is 65.5 Å². The molecule has 0 radical (unpaired) electrons. The molecule has 37 heavy (non-hydrogen) atoms. The van der Waals surface area contributed by atoms with Crippen molar-refractivity contribution in [2.24, 2.45) is 0 Å². The fraction of sp³-hybridized carbons (Fsp3) is 0.481. The summed E-state index contributed by atoms with van der Waals surface area (Å²) in [6.07, 6.45) is 3.11. The fourth-order valence-electron chi connectivity index (χ4n) is 4.08. The number of para-hydroxylation sites is 1. The summed E-state index contributed by atoms with van der Waals surface area (Å²) in [6.45, 7) is 7.72. The molecule has 0 aromatic heterocycles. The Morgan fingerprint density at radius 1 is 1.00 bits per heavy atom. The molecule has 0 spiro atoms. The maximum Gasteiger partial charge on any atom is 0.244 e. The summed E-state index contributed by atoms with van der Waals surface area (Å²) < 4.78 is 26.9. The number of carbonyl (C=O) groups is 2. The van der Waals surface area contributed by atoms with E-state index in [9.17, 15) is 18.0 Å². The molecule has 0 saturated heterocycles. The monoisotopic (exact) mass is 569 g/mol. The summed E-state index contributed by atoms with van der Waals surface area (Å²) >= 11 is 12.8. The van der Waals surface area contributed by atoms with Crippen LogP contribution >= 0.6 is 23.2 Å². The zero-order chi connectivity index (χ0) is 27.8. The van der Waals surface area contributed by atoms with Crippen LogP contribution in [0.25, 0.3) is 0 Å². The first-order valence-electron chi connectivity index (χ1n) is 12.5. The average Bonchev–Trinajstić information content (AvgIpc) is 2.83. The van der Waals surface area contributed by atoms with Gasteiger partial charge in [0.25, 0.3) is 0 Å². The number of unbranched alkanes of at least 4 members (excludes halogenated alkanes) is 1. The van der Waals surface area contributed by atoms with Gasteiger partial charge in [0.15, 0.2) is 0 Å².